The van der Waals surface area contributed by atoms with Crippen molar-refractivity contribution < 1.29 is 14.3 Å². The third-order valence-corrected chi connectivity index (χ3v) is 3.20. The Hall–Kier alpha value is -0.850. The molecule has 3 N–H and O–H groups in total. The second-order valence-corrected chi connectivity index (χ2v) is 5.04. The second-order valence-electron chi connectivity index (χ2n) is 5.04. The number of amides is 2. The van der Waals surface area contributed by atoms with Gasteiger partial charge in [0.15, 0.2) is 0 Å². The fourth-order valence-electron chi connectivity index (χ4n) is 1.81. The van der Waals surface area contributed by atoms with E-state index in [1.165, 1.54) is 0 Å². The number of morpholine rings is 1. The zero-order chi connectivity index (χ0) is 14.3. The molecule has 118 valence electrons. The predicted molar refractivity (Wildman–Crippen MR) is 80.0 cm³/mol. The zero-order valence-corrected chi connectivity index (χ0v) is 13.2. The molecule has 0 spiro atoms. The smallest absolute Gasteiger partial charge is 0.242 e. The van der Waals surface area contributed by atoms with Gasteiger partial charge < -0.3 is 20.7 Å². The van der Waals surface area contributed by atoms with Gasteiger partial charge in [-0.05, 0) is 20.3 Å². The molecule has 0 aromatic heterocycles. The standard InChI is InChI=1S/C13H25N3O3.ClH/c1-4-9(2)15-13(18)10(3)16-12(17)7-11-8-19-6-5-14-11;/h9-11,14H,4-8H2,1-3H3,(H,15,18)(H,16,17);1H. The van der Waals surface area contributed by atoms with Gasteiger partial charge in [0.05, 0.1) is 13.2 Å². The molecular formula is C13H26ClN3O3. The van der Waals surface area contributed by atoms with Crippen LogP contribution in [0.5, 0.6) is 0 Å². The fourth-order valence-corrected chi connectivity index (χ4v) is 1.81. The van der Waals surface area contributed by atoms with E-state index in [1.807, 2.05) is 13.8 Å². The van der Waals surface area contributed by atoms with Crippen LogP contribution in [0.1, 0.15) is 33.6 Å². The van der Waals surface area contributed by atoms with Crippen LogP contribution in [0.15, 0.2) is 0 Å². The molecule has 3 unspecified atom stereocenters. The van der Waals surface area contributed by atoms with Crippen LogP contribution >= 0.6 is 12.4 Å². The van der Waals surface area contributed by atoms with Gasteiger partial charge >= 0.3 is 0 Å². The summed E-state index contributed by atoms with van der Waals surface area (Å²) in [6.45, 7) is 7.63. The minimum atomic E-state index is -0.508. The van der Waals surface area contributed by atoms with Gasteiger partial charge in [-0.15, -0.1) is 12.4 Å². The summed E-state index contributed by atoms with van der Waals surface area (Å²) in [4.78, 5) is 23.6. The monoisotopic (exact) mass is 307 g/mol. The van der Waals surface area contributed by atoms with Crippen molar-refractivity contribution in [2.24, 2.45) is 0 Å². The van der Waals surface area contributed by atoms with Crippen molar-refractivity contribution in [3.63, 3.8) is 0 Å². The maximum atomic E-state index is 11.8. The molecule has 0 aromatic rings. The van der Waals surface area contributed by atoms with Gasteiger partial charge in [0.2, 0.25) is 11.8 Å². The topological polar surface area (TPSA) is 79.5 Å². The van der Waals surface area contributed by atoms with Gasteiger partial charge in [0.1, 0.15) is 6.04 Å². The zero-order valence-electron chi connectivity index (χ0n) is 12.4. The number of nitrogens with one attached hydrogen (secondary N) is 3. The van der Waals surface area contributed by atoms with Gasteiger partial charge in [-0.1, -0.05) is 6.92 Å². The number of hydrogen-bond donors (Lipinski definition) is 3. The Kier molecular flexibility index (Phi) is 9.54. The molecule has 3 atom stereocenters. The number of ether oxygens (including phenoxy) is 1. The van der Waals surface area contributed by atoms with Crippen molar-refractivity contribution in [2.45, 2.75) is 51.7 Å². The highest BCUT2D eigenvalue weighted by atomic mass is 35.5. The average molecular weight is 308 g/mol. The molecule has 0 aromatic carbocycles. The van der Waals surface area contributed by atoms with Crippen molar-refractivity contribution in [2.75, 3.05) is 19.8 Å². The first-order valence-electron chi connectivity index (χ1n) is 6.93. The van der Waals surface area contributed by atoms with Gasteiger partial charge in [0.25, 0.3) is 0 Å². The first kappa shape index (κ1) is 19.1. The summed E-state index contributed by atoms with van der Waals surface area (Å²) in [5.41, 5.74) is 0. The van der Waals surface area contributed by atoms with E-state index in [1.54, 1.807) is 6.92 Å². The molecule has 1 fully saturated rings. The number of halogens is 1. The number of carbonyl (C=O) groups excluding carboxylic acids is 2. The number of carbonyl (C=O) groups is 2. The molecule has 7 heteroatoms. The summed E-state index contributed by atoms with van der Waals surface area (Å²) in [7, 11) is 0. The molecule has 20 heavy (non-hydrogen) atoms. The Morgan fingerprint density at radius 2 is 2.05 bits per heavy atom. The Balaban J connectivity index is 0.00000361. The van der Waals surface area contributed by atoms with Crippen LogP contribution in [0.2, 0.25) is 0 Å². The van der Waals surface area contributed by atoms with Crippen LogP contribution in [0.3, 0.4) is 0 Å². The number of hydrogen-bond acceptors (Lipinski definition) is 4. The van der Waals surface area contributed by atoms with Crippen molar-refractivity contribution >= 4 is 24.2 Å². The van der Waals surface area contributed by atoms with Crippen molar-refractivity contribution in [1.82, 2.24) is 16.0 Å². The van der Waals surface area contributed by atoms with Gasteiger partial charge in [0, 0.05) is 25.0 Å². The molecule has 1 rings (SSSR count). The van der Waals surface area contributed by atoms with Crippen molar-refractivity contribution in [1.29, 1.82) is 0 Å². The molecule has 2 amide bonds. The van der Waals surface area contributed by atoms with Crippen LogP contribution in [-0.4, -0.2) is 49.7 Å². The van der Waals surface area contributed by atoms with Gasteiger partial charge in [-0.2, -0.15) is 0 Å². The molecule has 1 aliphatic heterocycles. The van der Waals surface area contributed by atoms with Crippen LogP contribution in [0.25, 0.3) is 0 Å². The average Bonchev–Trinajstić information content (AvgIpc) is 2.39. The SMILES string of the molecule is CCC(C)NC(=O)C(C)NC(=O)CC1COCCN1.Cl. The Morgan fingerprint density at radius 3 is 2.60 bits per heavy atom. The van der Waals surface area contributed by atoms with E-state index in [0.29, 0.717) is 19.6 Å². The van der Waals surface area contributed by atoms with Crippen LogP contribution in [-0.2, 0) is 14.3 Å². The van der Waals surface area contributed by atoms with Crippen LogP contribution in [0, 0.1) is 0 Å². The van der Waals surface area contributed by atoms with Crippen molar-refractivity contribution in [3.05, 3.63) is 0 Å². The summed E-state index contributed by atoms with van der Waals surface area (Å²) in [5.74, 6) is -0.273. The maximum Gasteiger partial charge on any atom is 0.242 e. The summed E-state index contributed by atoms with van der Waals surface area (Å²) < 4.78 is 5.28. The first-order chi connectivity index (χ1) is 9.02. The Bertz CT molecular complexity index is 309. The predicted octanol–water partition coefficient (Wildman–Crippen LogP) is 0.206. The van der Waals surface area contributed by atoms with E-state index in [9.17, 15) is 9.59 Å². The van der Waals surface area contributed by atoms with E-state index in [0.717, 1.165) is 13.0 Å². The quantitative estimate of drug-likeness (QED) is 0.655. The molecule has 1 saturated heterocycles. The van der Waals surface area contributed by atoms with E-state index in [-0.39, 0.29) is 36.3 Å². The summed E-state index contributed by atoms with van der Waals surface area (Å²) >= 11 is 0. The minimum absolute atomic E-state index is 0. The Labute approximate surface area is 126 Å². The summed E-state index contributed by atoms with van der Waals surface area (Å²) in [5, 5.41) is 8.76. The van der Waals surface area contributed by atoms with Crippen molar-refractivity contribution in [3.8, 4) is 0 Å². The molecule has 1 aliphatic rings. The highest BCUT2D eigenvalue weighted by Crippen LogP contribution is 1.99. The number of rotatable bonds is 6. The summed E-state index contributed by atoms with van der Waals surface area (Å²) in [6, 6.07) is -0.343. The van der Waals surface area contributed by atoms with E-state index < -0.39 is 6.04 Å². The van der Waals surface area contributed by atoms with Crippen LogP contribution < -0.4 is 16.0 Å². The molecule has 6 nitrogen and oxygen atoms in total. The Morgan fingerprint density at radius 1 is 1.35 bits per heavy atom. The van der Waals surface area contributed by atoms with E-state index >= 15 is 0 Å². The molecule has 0 bridgehead atoms. The fraction of sp³-hybridized carbons (Fsp3) is 0.846. The first-order valence-corrected chi connectivity index (χ1v) is 6.93. The van der Waals surface area contributed by atoms with E-state index in [2.05, 4.69) is 16.0 Å². The lowest BCUT2D eigenvalue weighted by atomic mass is 10.1. The normalized spacial score (nSPS) is 21.2. The van der Waals surface area contributed by atoms with E-state index in [4.69, 9.17) is 4.74 Å². The highest BCUT2D eigenvalue weighted by Gasteiger charge is 2.20. The second kappa shape index (κ2) is 9.96. The maximum absolute atomic E-state index is 11.8. The largest absolute Gasteiger partial charge is 0.378 e. The molecular weight excluding hydrogens is 282 g/mol. The lowest BCUT2D eigenvalue weighted by Gasteiger charge is -2.24. The third-order valence-electron chi connectivity index (χ3n) is 3.20. The van der Waals surface area contributed by atoms with Crippen LogP contribution in [0.4, 0.5) is 0 Å². The third kappa shape index (κ3) is 7.07. The molecule has 0 radical (unpaired) electrons. The summed E-state index contributed by atoms with van der Waals surface area (Å²) in [6.07, 6.45) is 1.21. The molecule has 1 heterocycles. The molecule has 0 saturated carbocycles. The minimum Gasteiger partial charge on any atom is -0.378 e. The lowest BCUT2D eigenvalue weighted by molar-refractivity contribution is -0.129. The highest BCUT2D eigenvalue weighted by molar-refractivity contribution is 5.87. The molecule has 0 aliphatic carbocycles. The lowest BCUT2D eigenvalue weighted by Crippen LogP contribution is -2.49. The van der Waals surface area contributed by atoms with Gasteiger partial charge in [-0.25, -0.2) is 0 Å². The van der Waals surface area contributed by atoms with Gasteiger partial charge in [-0.3, -0.25) is 9.59 Å².